The SMILES string of the molecule is [2H]c1c([2H])c(C([2H])([2H])Oc2cccc3c2CN(C2CCC(=O)NC2=O)C3=O)c([2H])c([2H])c1C([2H])N1CCOCC1. The molecular formula is C25H27N3O5. The molecule has 0 saturated carbocycles. The van der Waals surface area contributed by atoms with Crippen molar-refractivity contribution < 1.29 is 33.5 Å². The van der Waals surface area contributed by atoms with Crippen molar-refractivity contribution in [1.29, 1.82) is 0 Å². The van der Waals surface area contributed by atoms with E-state index in [2.05, 4.69) is 5.32 Å². The molecule has 8 heteroatoms. The number of carbonyl (C=O) groups is 3. The number of fused-ring (bicyclic) bond motifs is 1. The van der Waals surface area contributed by atoms with Crippen molar-refractivity contribution in [2.45, 2.75) is 38.5 Å². The van der Waals surface area contributed by atoms with Crippen LogP contribution in [0.1, 0.15) is 49.5 Å². The highest BCUT2D eigenvalue weighted by Gasteiger charge is 2.40. The van der Waals surface area contributed by atoms with E-state index >= 15 is 0 Å². The molecule has 0 aromatic heterocycles. The molecule has 2 fully saturated rings. The standard InChI is InChI=1S/C25H27N3O5/c29-23-9-8-21(24(30)26-23)28-15-20-19(25(28)31)2-1-3-22(20)33-16-18-6-4-17(5-7-18)14-27-10-12-32-13-11-27/h1-7,21H,8-16H2,(H,26,29,30)/i4D,5D,6D,7D,14D,16D2. The fourth-order valence-corrected chi connectivity index (χ4v) is 4.09. The van der Waals surface area contributed by atoms with E-state index < -0.39 is 66.6 Å². The van der Waals surface area contributed by atoms with E-state index in [9.17, 15) is 14.4 Å². The van der Waals surface area contributed by atoms with Gasteiger partial charge in [-0.2, -0.15) is 0 Å². The zero-order valence-electron chi connectivity index (χ0n) is 24.8. The number of ether oxygens (including phenoxy) is 2. The van der Waals surface area contributed by atoms with Crippen LogP contribution >= 0.6 is 0 Å². The third-order valence-corrected chi connectivity index (χ3v) is 5.80. The molecule has 3 aliphatic heterocycles. The van der Waals surface area contributed by atoms with Crippen molar-refractivity contribution in [2.24, 2.45) is 0 Å². The maximum Gasteiger partial charge on any atom is 0.255 e. The summed E-state index contributed by atoms with van der Waals surface area (Å²) in [4.78, 5) is 40.0. The highest BCUT2D eigenvalue weighted by molar-refractivity contribution is 6.05. The Hall–Kier alpha value is -3.23. The zero-order valence-corrected chi connectivity index (χ0v) is 17.8. The number of piperidine rings is 1. The minimum absolute atomic E-state index is 0.0572. The number of amides is 3. The number of hydrogen-bond donors (Lipinski definition) is 1. The molecule has 0 bridgehead atoms. The number of carbonyl (C=O) groups excluding carboxylic acids is 3. The average Bonchev–Trinajstić information content (AvgIpc) is 3.25. The number of benzene rings is 2. The Labute approximate surface area is 202 Å². The van der Waals surface area contributed by atoms with Gasteiger partial charge in [0, 0.05) is 38.5 Å². The normalized spacial score (nSPS) is 25.6. The van der Waals surface area contributed by atoms with Crippen LogP contribution in [-0.4, -0.2) is 59.9 Å². The molecular weight excluding hydrogens is 422 g/mol. The predicted octanol–water partition coefficient (Wildman–Crippen LogP) is 1.86. The van der Waals surface area contributed by atoms with Crippen molar-refractivity contribution in [3.63, 3.8) is 0 Å². The molecule has 2 aromatic carbocycles. The first-order chi connectivity index (χ1) is 18.9. The summed E-state index contributed by atoms with van der Waals surface area (Å²) in [5, 5.41) is 2.22. The van der Waals surface area contributed by atoms with Gasteiger partial charge in [-0.3, -0.25) is 24.6 Å². The minimum atomic E-state index is -2.85. The van der Waals surface area contributed by atoms with E-state index in [1.54, 1.807) is 4.90 Å². The average molecular weight is 457 g/mol. The molecule has 1 N–H and O–H groups in total. The van der Waals surface area contributed by atoms with Crippen LogP contribution in [0.2, 0.25) is 0 Å². The molecule has 0 radical (unpaired) electrons. The Morgan fingerprint density at radius 2 is 1.88 bits per heavy atom. The summed E-state index contributed by atoms with van der Waals surface area (Å²) in [6.45, 7) is -2.62. The Morgan fingerprint density at radius 1 is 1.12 bits per heavy atom. The molecule has 0 spiro atoms. The molecule has 33 heavy (non-hydrogen) atoms. The molecule has 3 amide bonds. The third kappa shape index (κ3) is 4.62. The van der Waals surface area contributed by atoms with E-state index in [1.165, 1.54) is 23.1 Å². The van der Waals surface area contributed by atoms with Gasteiger partial charge in [-0.05, 0) is 29.7 Å². The van der Waals surface area contributed by atoms with Gasteiger partial charge < -0.3 is 14.4 Å². The summed E-state index contributed by atoms with van der Waals surface area (Å²) in [5.74, 6) is -1.55. The first-order valence-electron chi connectivity index (χ1n) is 14.3. The largest absolute Gasteiger partial charge is 0.489 e. The topological polar surface area (TPSA) is 88.2 Å². The summed E-state index contributed by atoms with van der Waals surface area (Å²) in [6, 6.07) is 1.12. The Bertz CT molecular complexity index is 1370. The second-order valence-corrected chi connectivity index (χ2v) is 7.95. The number of morpholine rings is 1. The van der Waals surface area contributed by atoms with Gasteiger partial charge in [0.25, 0.3) is 5.91 Å². The quantitative estimate of drug-likeness (QED) is 0.668. The van der Waals surface area contributed by atoms with Crippen LogP contribution in [-0.2, 0) is 34.0 Å². The molecule has 3 aliphatic rings. The van der Waals surface area contributed by atoms with Gasteiger partial charge in [0.05, 0.1) is 28.0 Å². The summed E-state index contributed by atoms with van der Waals surface area (Å²) < 4.78 is 70.8. The lowest BCUT2D eigenvalue weighted by Gasteiger charge is -2.29. The van der Waals surface area contributed by atoms with Crippen LogP contribution in [0.25, 0.3) is 0 Å². The van der Waals surface area contributed by atoms with Gasteiger partial charge in [0.1, 0.15) is 18.4 Å². The van der Waals surface area contributed by atoms with Crippen molar-refractivity contribution in [2.75, 3.05) is 26.3 Å². The van der Waals surface area contributed by atoms with Crippen LogP contribution in [0.4, 0.5) is 0 Å². The van der Waals surface area contributed by atoms with E-state index in [1.807, 2.05) is 0 Å². The van der Waals surface area contributed by atoms with Gasteiger partial charge in [-0.25, -0.2) is 0 Å². The Morgan fingerprint density at radius 3 is 2.64 bits per heavy atom. The molecule has 2 atom stereocenters. The third-order valence-electron chi connectivity index (χ3n) is 5.80. The summed E-state index contributed by atoms with van der Waals surface area (Å²) in [5.41, 5.74) is -0.311. The molecule has 2 saturated heterocycles. The van der Waals surface area contributed by atoms with Crippen LogP contribution in [0.3, 0.4) is 0 Å². The molecule has 3 heterocycles. The minimum Gasteiger partial charge on any atom is -0.489 e. The molecule has 5 rings (SSSR count). The van der Waals surface area contributed by atoms with E-state index in [4.69, 9.17) is 19.1 Å². The van der Waals surface area contributed by atoms with Crippen LogP contribution in [0.5, 0.6) is 5.75 Å². The van der Waals surface area contributed by atoms with E-state index in [0.29, 0.717) is 31.9 Å². The highest BCUT2D eigenvalue weighted by atomic mass is 16.5. The second-order valence-electron chi connectivity index (χ2n) is 7.95. The number of hydrogen-bond acceptors (Lipinski definition) is 6. The van der Waals surface area contributed by atoms with E-state index in [-0.39, 0.29) is 36.3 Å². The second kappa shape index (κ2) is 9.33. The lowest BCUT2D eigenvalue weighted by Crippen LogP contribution is -2.52. The molecule has 0 aliphatic carbocycles. The lowest BCUT2D eigenvalue weighted by atomic mass is 10.0. The van der Waals surface area contributed by atoms with Gasteiger partial charge in [0.15, 0.2) is 0 Å². The van der Waals surface area contributed by atoms with Gasteiger partial charge in [0.2, 0.25) is 11.8 Å². The molecule has 2 unspecified atom stereocenters. The number of nitrogens with one attached hydrogen (secondary N) is 1. The van der Waals surface area contributed by atoms with Crippen LogP contribution < -0.4 is 10.1 Å². The first kappa shape index (κ1) is 14.8. The van der Waals surface area contributed by atoms with Crippen molar-refractivity contribution >= 4 is 17.7 Å². The monoisotopic (exact) mass is 456 g/mol. The molecule has 8 nitrogen and oxygen atoms in total. The maximum atomic E-state index is 13.1. The maximum absolute atomic E-state index is 13.1. The Balaban J connectivity index is 1.46. The van der Waals surface area contributed by atoms with E-state index in [0.717, 1.165) is 0 Å². The smallest absolute Gasteiger partial charge is 0.255 e. The summed E-state index contributed by atoms with van der Waals surface area (Å²) in [6.07, 6.45) is 0.227. The Kier molecular flexibility index (Phi) is 4.19. The predicted molar refractivity (Wildman–Crippen MR) is 119 cm³/mol. The zero-order chi connectivity index (χ0) is 28.9. The molecule has 172 valence electrons. The van der Waals surface area contributed by atoms with Gasteiger partial charge in [-0.1, -0.05) is 30.2 Å². The van der Waals surface area contributed by atoms with Crippen molar-refractivity contribution in [1.82, 2.24) is 15.1 Å². The summed E-state index contributed by atoms with van der Waals surface area (Å²) >= 11 is 0. The lowest BCUT2D eigenvalue weighted by molar-refractivity contribution is -0.136. The van der Waals surface area contributed by atoms with Crippen molar-refractivity contribution in [3.05, 3.63) is 64.6 Å². The number of imide groups is 1. The number of rotatable bonds is 6. The van der Waals surface area contributed by atoms with Gasteiger partial charge >= 0.3 is 0 Å². The summed E-state index contributed by atoms with van der Waals surface area (Å²) in [7, 11) is 0. The van der Waals surface area contributed by atoms with Gasteiger partial charge in [-0.15, -0.1) is 0 Å². The van der Waals surface area contributed by atoms with Crippen molar-refractivity contribution in [3.8, 4) is 5.75 Å². The fraction of sp³-hybridized carbons (Fsp3) is 0.400. The van der Waals surface area contributed by atoms with Crippen LogP contribution in [0, 0.1) is 0 Å². The number of nitrogens with zero attached hydrogens (tertiary/aromatic N) is 2. The van der Waals surface area contributed by atoms with Crippen LogP contribution in [0.15, 0.2) is 42.4 Å². The highest BCUT2D eigenvalue weighted by Crippen LogP contribution is 2.34. The molecule has 2 aromatic rings. The fourth-order valence-electron chi connectivity index (χ4n) is 4.09. The first-order valence-corrected chi connectivity index (χ1v) is 10.7.